The smallest absolute Gasteiger partial charge is 0.257 e. The molecule has 0 aliphatic heterocycles. The van der Waals surface area contributed by atoms with Crippen molar-refractivity contribution in [1.82, 2.24) is 9.97 Å². The molecule has 1 amide bonds. The second-order valence-corrected chi connectivity index (χ2v) is 3.50. The zero-order valence-electron chi connectivity index (χ0n) is 9.75. The number of anilines is 2. The molecule has 0 saturated carbocycles. The van der Waals surface area contributed by atoms with Crippen molar-refractivity contribution < 1.29 is 9.53 Å². The summed E-state index contributed by atoms with van der Waals surface area (Å²) in [5, 5.41) is 2.65. The summed E-state index contributed by atoms with van der Waals surface area (Å²) in [5.74, 6) is 0.133. The number of ether oxygens (including phenoxy) is 1. The van der Waals surface area contributed by atoms with Gasteiger partial charge in [0.15, 0.2) is 0 Å². The van der Waals surface area contributed by atoms with Crippen molar-refractivity contribution >= 4 is 17.3 Å². The van der Waals surface area contributed by atoms with Gasteiger partial charge in [0.1, 0.15) is 12.1 Å². The fraction of sp³-hybridized carbons (Fsp3) is 0.0833. The number of methoxy groups -OCH3 is 1. The Labute approximate surface area is 104 Å². The van der Waals surface area contributed by atoms with Gasteiger partial charge in [-0.3, -0.25) is 4.79 Å². The molecule has 0 unspecified atom stereocenters. The van der Waals surface area contributed by atoms with E-state index in [-0.39, 0.29) is 5.91 Å². The van der Waals surface area contributed by atoms with Crippen molar-refractivity contribution in [3.63, 3.8) is 0 Å². The largest absolute Gasteiger partial charge is 0.495 e. The van der Waals surface area contributed by atoms with Gasteiger partial charge >= 0.3 is 0 Å². The van der Waals surface area contributed by atoms with Crippen molar-refractivity contribution in [2.75, 3.05) is 18.2 Å². The number of para-hydroxylation sites is 1. The number of hydrogen-bond acceptors (Lipinski definition) is 5. The lowest BCUT2D eigenvalue weighted by Gasteiger charge is -2.09. The lowest BCUT2D eigenvalue weighted by Crippen LogP contribution is -2.14. The average molecular weight is 244 g/mol. The molecule has 0 spiro atoms. The van der Waals surface area contributed by atoms with Crippen LogP contribution in [0.3, 0.4) is 0 Å². The van der Waals surface area contributed by atoms with Crippen LogP contribution in [0.25, 0.3) is 0 Å². The topological polar surface area (TPSA) is 90.1 Å². The third-order valence-electron chi connectivity index (χ3n) is 2.35. The second kappa shape index (κ2) is 5.13. The Hall–Kier alpha value is -2.63. The number of carbonyl (C=O) groups excluding carboxylic acids is 1. The van der Waals surface area contributed by atoms with Crippen LogP contribution < -0.4 is 15.8 Å². The van der Waals surface area contributed by atoms with Gasteiger partial charge in [-0.1, -0.05) is 6.07 Å². The van der Waals surface area contributed by atoms with Gasteiger partial charge < -0.3 is 15.8 Å². The predicted molar refractivity (Wildman–Crippen MR) is 67.4 cm³/mol. The highest BCUT2D eigenvalue weighted by Crippen LogP contribution is 2.25. The first-order valence-electron chi connectivity index (χ1n) is 5.21. The summed E-state index contributed by atoms with van der Waals surface area (Å²) in [6.07, 6.45) is 4.39. The molecule has 0 bridgehead atoms. The quantitative estimate of drug-likeness (QED) is 0.795. The summed E-state index contributed by atoms with van der Waals surface area (Å²) in [6.45, 7) is 0. The summed E-state index contributed by atoms with van der Waals surface area (Å²) >= 11 is 0. The van der Waals surface area contributed by atoms with Crippen molar-refractivity contribution in [2.24, 2.45) is 0 Å². The Balaban J connectivity index is 2.24. The molecule has 2 aromatic rings. The van der Waals surface area contributed by atoms with Gasteiger partial charge in [0.05, 0.1) is 36.4 Å². The number of nitrogens with two attached hydrogens (primary N) is 1. The first kappa shape index (κ1) is 11.8. The summed E-state index contributed by atoms with van der Waals surface area (Å²) in [7, 11) is 1.50. The first-order valence-corrected chi connectivity index (χ1v) is 5.21. The number of amides is 1. The zero-order valence-corrected chi connectivity index (χ0v) is 9.75. The van der Waals surface area contributed by atoms with Crippen LogP contribution in [0.15, 0.2) is 36.9 Å². The standard InChI is InChI=1S/C12H12N4O2/c1-18-10-4-2-3-9(11(10)13)12(17)16-8-5-14-7-15-6-8/h2-7H,13H2,1H3,(H,16,17). The highest BCUT2D eigenvalue weighted by atomic mass is 16.5. The second-order valence-electron chi connectivity index (χ2n) is 3.50. The maximum Gasteiger partial charge on any atom is 0.257 e. The molecule has 1 aromatic heterocycles. The van der Waals surface area contributed by atoms with Crippen LogP contribution in [0, 0.1) is 0 Å². The predicted octanol–water partition coefficient (Wildman–Crippen LogP) is 1.32. The lowest BCUT2D eigenvalue weighted by molar-refractivity contribution is 0.102. The van der Waals surface area contributed by atoms with Crippen LogP contribution in [-0.4, -0.2) is 23.0 Å². The van der Waals surface area contributed by atoms with E-state index in [2.05, 4.69) is 15.3 Å². The van der Waals surface area contributed by atoms with E-state index in [0.717, 1.165) is 0 Å². The van der Waals surface area contributed by atoms with E-state index in [0.29, 0.717) is 22.7 Å². The Bertz CT molecular complexity index is 557. The Kier molecular flexibility index (Phi) is 3.38. The number of aromatic nitrogens is 2. The molecular formula is C12H12N4O2. The van der Waals surface area contributed by atoms with Crippen molar-refractivity contribution in [3.8, 4) is 5.75 Å². The number of nitrogens with zero attached hydrogens (tertiary/aromatic N) is 2. The average Bonchev–Trinajstić information content (AvgIpc) is 2.40. The van der Waals surface area contributed by atoms with Crippen LogP contribution in [0.2, 0.25) is 0 Å². The molecule has 0 aliphatic rings. The maximum absolute atomic E-state index is 12.0. The normalized spacial score (nSPS) is 9.83. The molecule has 6 nitrogen and oxygen atoms in total. The Morgan fingerprint density at radius 1 is 1.33 bits per heavy atom. The molecule has 0 fully saturated rings. The molecule has 0 aliphatic carbocycles. The minimum atomic E-state index is -0.332. The molecule has 6 heteroatoms. The van der Waals surface area contributed by atoms with E-state index in [9.17, 15) is 4.79 Å². The van der Waals surface area contributed by atoms with Gasteiger partial charge in [-0.25, -0.2) is 9.97 Å². The molecule has 0 saturated heterocycles. The van der Waals surface area contributed by atoms with Gasteiger partial charge in [-0.15, -0.1) is 0 Å². The molecule has 1 aromatic carbocycles. The summed E-state index contributed by atoms with van der Waals surface area (Å²) in [5.41, 5.74) is 6.98. The van der Waals surface area contributed by atoms with Crippen LogP contribution in [0.1, 0.15) is 10.4 Å². The van der Waals surface area contributed by atoms with Gasteiger partial charge in [0, 0.05) is 0 Å². The molecule has 3 N–H and O–H groups in total. The van der Waals surface area contributed by atoms with E-state index in [4.69, 9.17) is 10.5 Å². The number of nitrogens with one attached hydrogen (secondary N) is 1. The van der Waals surface area contributed by atoms with Crippen LogP contribution in [0.5, 0.6) is 5.75 Å². The molecule has 1 heterocycles. The minimum Gasteiger partial charge on any atom is -0.495 e. The monoisotopic (exact) mass is 244 g/mol. The number of hydrogen-bond donors (Lipinski definition) is 2. The number of rotatable bonds is 3. The highest BCUT2D eigenvalue weighted by molar-refractivity contribution is 6.08. The summed E-state index contributed by atoms with van der Waals surface area (Å²) < 4.78 is 5.06. The summed E-state index contributed by atoms with van der Waals surface area (Å²) in [6, 6.07) is 5.01. The van der Waals surface area contributed by atoms with E-state index >= 15 is 0 Å². The van der Waals surface area contributed by atoms with Crippen molar-refractivity contribution in [1.29, 1.82) is 0 Å². The number of carbonyl (C=O) groups is 1. The third kappa shape index (κ3) is 2.37. The highest BCUT2D eigenvalue weighted by Gasteiger charge is 2.13. The van der Waals surface area contributed by atoms with Crippen molar-refractivity contribution in [2.45, 2.75) is 0 Å². The van der Waals surface area contributed by atoms with Crippen LogP contribution in [0.4, 0.5) is 11.4 Å². The van der Waals surface area contributed by atoms with E-state index in [1.54, 1.807) is 18.2 Å². The molecule has 2 rings (SSSR count). The van der Waals surface area contributed by atoms with Gasteiger partial charge in [0.2, 0.25) is 0 Å². The third-order valence-corrected chi connectivity index (χ3v) is 2.35. The fourth-order valence-corrected chi connectivity index (χ4v) is 1.48. The van der Waals surface area contributed by atoms with Gasteiger partial charge in [-0.05, 0) is 12.1 Å². The van der Waals surface area contributed by atoms with E-state index in [1.165, 1.54) is 25.8 Å². The van der Waals surface area contributed by atoms with Gasteiger partial charge in [0.25, 0.3) is 5.91 Å². The Morgan fingerprint density at radius 2 is 2.06 bits per heavy atom. The number of nitrogen functional groups attached to an aromatic ring is 1. The van der Waals surface area contributed by atoms with E-state index < -0.39 is 0 Å². The molecule has 18 heavy (non-hydrogen) atoms. The van der Waals surface area contributed by atoms with Crippen LogP contribution in [-0.2, 0) is 0 Å². The Morgan fingerprint density at radius 3 is 2.72 bits per heavy atom. The first-order chi connectivity index (χ1) is 8.72. The minimum absolute atomic E-state index is 0.300. The van der Waals surface area contributed by atoms with Crippen molar-refractivity contribution in [3.05, 3.63) is 42.5 Å². The van der Waals surface area contributed by atoms with E-state index in [1.807, 2.05) is 0 Å². The fourth-order valence-electron chi connectivity index (χ4n) is 1.48. The SMILES string of the molecule is COc1cccc(C(=O)Nc2cncnc2)c1N. The zero-order chi connectivity index (χ0) is 13.0. The summed E-state index contributed by atoms with van der Waals surface area (Å²) in [4.78, 5) is 19.6. The molecular weight excluding hydrogens is 232 g/mol. The van der Waals surface area contributed by atoms with Crippen LogP contribution >= 0.6 is 0 Å². The van der Waals surface area contributed by atoms with Gasteiger partial charge in [-0.2, -0.15) is 0 Å². The number of benzene rings is 1. The maximum atomic E-state index is 12.0. The molecule has 92 valence electrons. The molecule has 0 atom stereocenters. The molecule has 0 radical (unpaired) electrons. The lowest BCUT2D eigenvalue weighted by atomic mass is 10.1.